The largest absolute Gasteiger partial charge is 0.480 e. The van der Waals surface area contributed by atoms with E-state index in [2.05, 4.69) is 21.2 Å². The van der Waals surface area contributed by atoms with Crippen LogP contribution in [0.4, 0.5) is 0 Å². The van der Waals surface area contributed by atoms with Crippen LogP contribution in [0.5, 0.6) is 5.75 Å². The molecular formula is C18H26BrClN2O2. The van der Waals surface area contributed by atoms with Crippen molar-refractivity contribution in [1.29, 1.82) is 0 Å². The Hall–Kier alpha value is -0.780. The molecule has 1 unspecified atom stereocenters. The third-order valence-corrected chi connectivity index (χ3v) is 5.83. The van der Waals surface area contributed by atoms with Crippen LogP contribution in [0, 0.1) is 12.3 Å². The Bertz CT molecular complexity index is 580. The number of benzene rings is 1. The average molecular weight is 418 g/mol. The first kappa shape index (κ1) is 19.5. The Balaban J connectivity index is 0.00000208. The zero-order valence-electron chi connectivity index (χ0n) is 14.3. The number of aryl methyl sites for hydroxylation is 1. The number of likely N-dealkylation sites (tertiary alicyclic amines) is 1. The second kappa shape index (κ2) is 8.07. The standard InChI is InChI=1S/C18H25BrN2O2.ClH/c1-13-3-4-16(15(19)11-13)23-14(2)17(22)21-9-6-18(7-10-21)5-8-20-12-18;/h3-4,11,14,20H,5-10,12H2,1-2H3;1H. The molecule has 1 aromatic carbocycles. The number of piperidine rings is 1. The SMILES string of the molecule is Cc1ccc(OC(C)C(=O)N2CCC3(CCNC3)CC2)c(Br)c1.Cl. The molecule has 24 heavy (non-hydrogen) atoms. The molecule has 0 aromatic heterocycles. The summed E-state index contributed by atoms with van der Waals surface area (Å²) in [5.74, 6) is 0.822. The quantitative estimate of drug-likeness (QED) is 0.818. The molecule has 1 aromatic rings. The lowest BCUT2D eigenvalue weighted by Gasteiger charge is -2.39. The van der Waals surface area contributed by atoms with Crippen molar-refractivity contribution in [1.82, 2.24) is 10.2 Å². The van der Waals surface area contributed by atoms with Crippen molar-refractivity contribution in [3.8, 4) is 5.75 Å². The van der Waals surface area contributed by atoms with Gasteiger partial charge in [0.25, 0.3) is 5.91 Å². The molecule has 4 nitrogen and oxygen atoms in total. The van der Waals surface area contributed by atoms with Crippen molar-refractivity contribution in [2.45, 2.75) is 39.2 Å². The van der Waals surface area contributed by atoms with Gasteiger partial charge >= 0.3 is 0 Å². The Morgan fingerprint density at radius 1 is 1.33 bits per heavy atom. The second-order valence-electron chi connectivity index (χ2n) is 6.95. The van der Waals surface area contributed by atoms with Gasteiger partial charge < -0.3 is 15.0 Å². The van der Waals surface area contributed by atoms with Gasteiger partial charge in [-0.15, -0.1) is 12.4 Å². The van der Waals surface area contributed by atoms with Crippen LogP contribution in [0.1, 0.15) is 31.7 Å². The molecular weight excluding hydrogens is 392 g/mol. The van der Waals surface area contributed by atoms with E-state index in [1.54, 1.807) is 0 Å². The van der Waals surface area contributed by atoms with Crippen LogP contribution in [0.2, 0.25) is 0 Å². The summed E-state index contributed by atoms with van der Waals surface area (Å²) in [6.45, 7) is 7.81. The number of rotatable bonds is 3. The molecule has 2 fully saturated rings. The molecule has 1 amide bonds. The van der Waals surface area contributed by atoms with E-state index in [1.165, 1.54) is 6.42 Å². The highest BCUT2D eigenvalue weighted by Crippen LogP contribution is 2.37. The van der Waals surface area contributed by atoms with E-state index in [0.29, 0.717) is 5.41 Å². The minimum absolute atomic E-state index is 0. The summed E-state index contributed by atoms with van der Waals surface area (Å²) in [5.41, 5.74) is 1.59. The van der Waals surface area contributed by atoms with Gasteiger partial charge in [-0.25, -0.2) is 0 Å². The lowest BCUT2D eigenvalue weighted by atomic mass is 9.78. The number of ether oxygens (including phenoxy) is 1. The molecule has 0 saturated carbocycles. The minimum atomic E-state index is -0.454. The Labute approximate surface area is 158 Å². The third-order valence-electron chi connectivity index (χ3n) is 5.21. The first-order valence-electron chi connectivity index (χ1n) is 8.41. The molecule has 0 radical (unpaired) electrons. The minimum Gasteiger partial charge on any atom is -0.480 e. The van der Waals surface area contributed by atoms with Crippen LogP contribution in [0.25, 0.3) is 0 Å². The number of halogens is 2. The Morgan fingerprint density at radius 2 is 2.04 bits per heavy atom. The molecule has 0 aliphatic carbocycles. The smallest absolute Gasteiger partial charge is 0.263 e. The van der Waals surface area contributed by atoms with Crippen molar-refractivity contribution in [3.63, 3.8) is 0 Å². The fourth-order valence-electron chi connectivity index (χ4n) is 3.62. The summed E-state index contributed by atoms with van der Waals surface area (Å²) in [6, 6.07) is 5.91. The molecule has 2 heterocycles. The fourth-order valence-corrected chi connectivity index (χ4v) is 4.21. The van der Waals surface area contributed by atoms with Gasteiger partial charge in [0.05, 0.1) is 4.47 Å². The van der Waals surface area contributed by atoms with Crippen LogP contribution >= 0.6 is 28.3 Å². The highest BCUT2D eigenvalue weighted by atomic mass is 79.9. The zero-order chi connectivity index (χ0) is 16.4. The van der Waals surface area contributed by atoms with Gasteiger partial charge in [-0.3, -0.25) is 4.79 Å². The molecule has 6 heteroatoms. The van der Waals surface area contributed by atoms with Crippen molar-refractivity contribution in [2.24, 2.45) is 5.41 Å². The summed E-state index contributed by atoms with van der Waals surface area (Å²) in [4.78, 5) is 14.6. The molecule has 2 aliphatic heterocycles. The molecule has 1 N–H and O–H groups in total. The van der Waals surface area contributed by atoms with E-state index in [0.717, 1.165) is 54.8 Å². The maximum Gasteiger partial charge on any atom is 0.263 e. The van der Waals surface area contributed by atoms with Gasteiger partial charge in [0.15, 0.2) is 6.10 Å². The van der Waals surface area contributed by atoms with Crippen molar-refractivity contribution < 1.29 is 9.53 Å². The molecule has 3 rings (SSSR count). The fraction of sp³-hybridized carbons (Fsp3) is 0.611. The van der Waals surface area contributed by atoms with E-state index >= 15 is 0 Å². The van der Waals surface area contributed by atoms with Gasteiger partial charge in [-0.1, -0.05) is 6.07 Å². The van der Waals surface area contributed by atoms with Crippen LogP contribution in [0.3, 0.4) is 0 Å². The summed E-state index contributed by atoms with van der Waals surface area (Å²) in [6.07, 6.45) is 3.00. The van der Waals surface area contributed by atoms with Crippen molar-refractivity contribution in [3.05, 3.63) is 28.2 Å². The number of nitrogens with zero attached hydrogens (tertiary/aromatic N) is 1. The highest BCUT2D eigenvalue weighted by molar-refractivity contribution is 9.10. The lowest BCUT2D eigenvalue weighted by molar-refractivity contribution is -0.140. The van der Waals surface area contributed by atoms with Crippen molar-refractivity contribution >= 4 is 34.2 Å². The normalized spacial score (nSPS) is 20.5. The van der Waals surface area contributed by atoms with Gasteiger partial charge in [0, 0.05) is 19.6 Å². The predicted octanol–water partition coefficient (Wildman–Crippen LogP) is 3.55. The summed E-state index contributed by atoms with van der Waals surface area (Å²) < 4.78 is 6.78. The van der Waals surface area contributed by atoms with Crippen LogP contribution in [0.15, 0.2) is 22.7 Å². The van der Waals surface area contributed by atoms with Gasteiger partial charge in [-0.2, -0.15) is 0 Å². The molecule has 0 bridgehead atoms. The third kappa shape index (κ3) is 4.24. The molecule has 2 saturated heterocycles. The molecule has 2 aliphatic rings. The number of hydrogen-bond acceptors (Lipinski definition) is 3. The number of amides is 1. The summed E-state index contributed by atoms with van der Waals surface area (Å²) in [5, 5.41) is 3.46. The molecule has 1 atom stereocenters. The topological polar surface area (TPSA) is 41.6 Å². The number of nitrogens with one attached hydrogen (secondary N) is 1. The number of carbonyl (C=O) groups is 1. The highest BCUT2D eigenvalue weighted by Gasteiger charge is 2.38. The van der Waals surface area contributed by atoms with Crippen LogP contribution in [-0.2, 0) is 4.79 Å². The van der Waals surface area contributed by atoms with Gasteiger partial charge in [0.2, 0.25) is 0 Å². The van der Waals surface area contributed by atoms with Crippen molar-refractivity contribution in [2.75, 3.05) is 26.2 Å². The Kier molecular flexibility index (Phi) is 6.57. The molecule has 134 valence electrons. The Morgan fingerprint density at radius 3 is 2.62 bits per heavy atom. The van der Waals surface area contributed by atoms with E-state index in [4.69, 9.17) is 4.74 Å². The maximum absolute atomic E-state index is 12.7. The summed E-state index contributed by atoms with van der Waals surface area (Å²) in [7, 11) is 0. The van der Waals surface area contributed by atoms with Gasteiger partial charge in [-0.05, 0) is 78.7 Å². The van der Waals surface area contributed by atoms with E-state index in [1.807, 2.05) is 36.9 Å². The van der Waals surface area contributed by atoms with E-state index < -0.39 is 6.10 Å². The first-order chi connectivity index (χ1) is 11.0. The van der Waals surface area contributed by atoms with E-state index in [-0.39, 0.29) is 18.3 Å². The average Bonchev–Trinajstić information content (AvgIpc) is 2.98. The maximum atomic E-state index is 12.7. The van der Waals surface area contributed by atoms with Crippen LogP contribution < -0.4 is 10.1 Å². The van der Waals surface area contributed by atoms with Crippen LogP contribution in [-0.4, -0.2) is 43.1 Å². The molecule has 1 spiro atoms. The number of carbonyl (C=O) groups excluding carboxylic acids is 1. The number of hydrogen-bond donors (Lipinski definition) is 1. The zero-order valence-corrected chi connectivity index (χ0v) is 16.7. The monoisotopic (exact) mass is 416 g/mol. The summed E-state index contributed by atoms with van der Waals surface area (Å²) >= 11 is 3.50. The van der Waals surface area contributed by atoms with Gasteiger partial charge in [0.1, 0.15) is 5.75 Å². The predicted molar refractivity (Wildman–Crippen MR) is 102 cm³/mol. The first-order valence-corrected chi connectivity index (χ1v) is 9.21. The van der Waals surface area contributed by atoms with E-state index in [9.17, 15) is 4.79 Å². The second-order valence-corrected chi connectivity index (χ2v) is 7.80. The lowest BCUT2D eigenvalue weighted by Crippen LogP contribution is -2.48.